The summed E-state index contributed by atoms with van der Waals surface area (Å²) in [6.45, 7) is 0.541. The first-order valence-corrected chi connectivity index (χ1v) is 5.21. The van der Waals surface area contributed by atoms with E-state index in [-0.39, 0.29) is 0 Å². The standard InChI is InChI=1S/C8H7Cl4N/c9-1-2-13(12)8-4-6(10)3-7(11)5-8/h3-5H,1-2H2. The molecule has 0 aliphatic heterocycles. The first-order valence-electron chi connectivity index (χ1n) is 3.59. The highest BCUT2D eigenvalue weighted by Gasteiger charge is 2.04. The quantitative estimate of drug-likeness (QED) is 0.581. The Kier molecular flexibility index (Phi) is 4.47. The van der Waals surface area contributed by atoms with Crippen LogP contribution in [0.5, 0.6) is 0 Å². The minimum absolute atomic E-state index is 0.452. The summed E-state index contributed by atoms with van der Waals surface area (Å²) in [7, 11) is 0. The van der Waals surface area contributed by atoms with Gasteiger partial charge in [0.05, 0.1) is 5.69 Å². The van der Waals surface area contributed by atoms with Crippen molar-refractivity contribution in [1.82, 2.24) is 0 Å². The molecule has 13 heavy (non-hydrogen) atoms. The molecular formula is C8H7Cl4N. The van der Waals surface area contributed by atoms with Crippen LogP contribution in [0.4, 0.5) is 5.69 Å². The van der Waals surface area contributed by atoms with E-state index in [1.165, 1.54) is 4.42 Å². The molecular weight excluding hydrogens is 252 g/mol. The molecule has 0 amide bonds. The predicted molar refractivity (Wildman–Crippen MR) is 60.4 cm³/mol. The van der Waals surface area contributed by atoms with E-state index in [4.69, 9.17) is 46.6 Å². The Bertz CT molecular complexity index is 269. The van der Waals surface area contributed by atoms with Crippen LogP contribution in [0.1, 0.15) is 0 Å². The second-order valence-electron chi connectivity index (χ2n) is 2.40. The van der Waals surface area contributed by atoms with Crippen LogP contribution in [-0.4, -0.2) is 12.4 Å². The lowest BCUT2D eigenvalue weighted by atomic mass is 10.3. The summed E-state index contributed by atoms with van der Waals surface area (Å²) in [6.07, 6.45) is 0. The number of hydrogen-bond acceptors (Lipinski definition) is 1. The van der Waals surface area contributed by atoms with Gasteiger partial charge in [0.25, 0.3) is 0 Å². The first-order chi connectivity index (χ1) is 6.13. The SMILES string of the molecule is ClCCN(Cl)c1cc(Cl)cc(Cl)c1. The zero-order chi connectivity index (χ0) is 9.84. The van der Waals surface area contributed by atoms with Crippen LogP contribution in [0, 0.1) is 0 Å². The number of halogens is 4. The van der Waals surface area contributed by atoms with Crippen LogP contribution in [0.3, 0.4) is 0 Å². The van der Waals surface area contributed by atoms with Gasteiger partial charge < -0.3 is 0 Å². The van der Waals surface area contributed by atoms with Gasteiger partial charge in [-0.15, -0.1) is 11.6 Å². The number of anilines is 1. The van der Waals surface area contributed by atoms with Gasteiger partial charge in [0.1, 0.15) is 0 Å². The van der Waals surface area contributed by atoms with Gasteiger partial charge in [0, 0.05) is 34.2 Å². The lowest BCUT2D eigenvalue weighted by Crippen LogP contribution is -2.12. The summed E-state index contributed by atoms with van der Waals surface area (Å²) in [5.41, 5.74) is 0.750. The number of hydrogen-bond donors (Lipinski definition) is 0. The third-order valence-corrected chi connectivity index (χ3v) is 2.38. The molecule has 72 valence electrons. The van der Waals surface area contributed by atoms with Gasteiger partial charge in [-0.05, 0) is 18.2 Å². The number of alkyl halides is 1. The van der Waals surface area contributed by atoms with Gasteiger partial charge in [-0.2, -0.15) is 0 Å². The van der Waals surface area contributed by atoms with Crippen LogP contribution in [-0.2, 0) is 0 Å². The van der Waals surface area contributed by atoms with Crippen molar-refractivity contribution in [2.45, 2.75) is 0 Å². The molecule has 0 unspecified atom stereocenters. The van der Waals surface area contributed by atoms with Crippen molar-refractivity contribution in [1.29, 1.82) is 0 Å². The minimum atomic E-state index is 0.452. The molecule has 0 fully saturated rings. The molecule has 0 aliphatic rings. The van der Waals surface area contributed by atoms with Crippen LogP contribution in [0.15, 0.2) is 18.2 Å². The van der Waals surface area contributed by atoms with Gasteiger partial charge >= 0.3 is 0 Å². The molecule has 0 heterocycles. The second kappa shape index (κ2) is 5.16. The van der Waals surface area contributed by atoms with E-state index in [9.17, 15) is 0 Å². The van der Waals surface area contributed by atoms with Crippen LogP contribution >= 0.6 is 46.6 Å². The first kappa shape index (κ1) is 11.3. The number of nitrogens with zero attached hydrogens (tertiary/aromatic N) is 1. The molecule has 5 heteroatoms. The average molecular weight is 259 g/mol. The Balaban J connectivity index is 2.87. The molecule has 0 atom stereocenters. The molecule has 0 bridgehead atoms. The maximum atomic E-state index is 5.88. The summed E-state index contributed by atoms with van der Waals surface area (Å²) in [6, 6.07) is 5.11. The van der Waals surface area contributed by atoms with Gasteiger partial charge in [-0.25, -0.2) is 0 Å². The Morgan fingerprint density at radius 2 is 1.62 bits per heavy atom. The van der Waals surface area contributed by atoms with Gasteiger partial charge in [-0.3, -0.25) is 4.42 Å². The molecule has 1 nitrogen and oxygen atoms in total. The third-order valence-electron chi connectivity index (χ3n) is 1.41. The van der Waals surface area contributed by atoms with Crippen LogP contribution in [0.2, 0.25) is 10.0 Å². The van der Waals surface area contributed by atoms with Gasteiger partial charge in [-0.1, -0.05) is 23.2 Å². The summed E-state index contributed by atoms with van der Waals surface area (Å²) in [4.78, 5) is 0. The van der Waals surface area contributed by atoms with Crippen molar-refractivity contribution >= 4 is 52.3 Å². The molecule has 0 N–H and O–H groups in total. The normalized spacial score (nSPS) is 10.2. The lowest BCUT2D eigenvalue weighted by Gasteiger charge is -2.14. The summed E-state index contributed by atoms with van der Waals surface area (Å²) in [5.74, 6) is 0.452. The highest BCUT2D eigenvalue weighted by Crippen LogP contribution is 2.26. The molecule has 0 aromatic heterocycles. The second-order valence-corrected chi connectivity index (χ2v) is 4.06. The molecule has 0 radical (unpaired) electrons. The van der Waals surface area contributed by atoms with E-state index < -0.39 is 0 Å². The monoisotopic (exact) mass is 257 g/mol. The zero-order valence-corrected chi connectivity index (χ0v) is 9.63. The molecule has 0 saturated heterocycles. The zero-order valence-electron chi connectivity index (χ0n) is 6.61. The Morgan fingerprint density at radius 1 is 1.08 bits per heavy atom. The third kappa shape index (κ3) is 3.43. The summed E-state index contributed by atoms with van der Waals surface area (Å²) in [5, 5.41) is 1.12. The Labute approximate surface area is 97.2 Å². The van der Waals surface area contributed by atoms with Crippen LogP contribution in [0.25, 0.3) is 0 Å². The van der Waals surface area contributed by atoms with E-state index >= 15 is 0 Å². The number of rotatable bonds is 3. The Morgan fingerprint density at radius 3 is 2.08 bits per heavy atom. The smallest absolute Gasteiger partial charge is 0.0553 e. The molecule has 1 aromatic rings. The minimum Gasteiger partial charge on any atom is -0.284 e. The topological polar surface area (TPSA) is 3.24 Å². The van der Waals surface area contributed by atoms with Crippen molar-refractivity contribution in [3.8, 4) is 0 Å². The Hall–Kier alpha value is 0.180. The van der Waals surface area contributed by atoms with Crippen LogP contribution < -0.4 is 4.42 Å². The average Bonchev–Trinajstić information content (AvgIpc) is 2.03. The predicted octanol–water partition coefficient (Wildman–Crippen LogP) is 4.19. The van der Waals surface area contributed by atoms with Crippen molar-refractivity contribution in [2.24, 2.45) is 0 Å². The van der Waals surface area contributed by atoms with Gasteiger partial charge in [0.15, 0.2) is 0 Å². The maximum absolute atomic E-state index is 5.88. The van der Waals surface area contributed by atoms with Crippen molar-refractivity contribution in [3.63, 3.8) is 0 Å². The summed E-state index contributed by atoms with van der Waals surface area (Å²) < 4.78 is 1.48. The lowest BCUT2D eigenvalue weighted by molar-refractivity contribution is 1.11. The molecule has 1 rings (SSSR count). The maximum Gasteiger partial charge on any atom is 0.0553 e. The van der Waals surface area contributed by atoms with E-state index in [0.717, 1.165) is 5.69 Å². The van der Waals surface area contributed by atoms with E-state index in [1.54, 1.807) is 18.2 Å². The fraction of sp³-hybridized carbons (Fsp3) is 0.250. The van der Waals surface area contributed by atoms with Crippen molar-refractivity contribution in [3.05, 3.63) is 28.2 Å². The molecule has 0 spiro atoms. The largest absolute Gasteiger partial charge is 0.284 e. The van der Waals surface area contributed by atoms with Gasteiger partial charge in [0.2, 0.25) is 0 Å². The highest BCUT2D eigenvalue weighted by molar-refractivity contribution is 6.35. The van der Waals surface area contributed by atoms with E-state index in [2.05, 4.69) is 0 Å². The fourth-order valence-electron chi connectivity index (χ4n) is 0.883. The van der Waals surface area contributed by atoms with Crippen molar-refractivity contribution < 1.29 is 0 Å². The summed E-state index contributed by atoms with van der Waals surface area (Å²) >= 11 is 23.0. The number of benzene rings is 1. The van der Waals surface area contributed by atoms with E-state index in [0.29, 0.717) is 22.5 Å². The molecule has 0 saturated carbocycles. The van der Waals surface area contributed by atoms with E-state index in [1.807, 2.05) is 0 Å². The van der Waals surface area contributed by atoms with Crippen molar-refractivity contribution in [2.75, 3.05) is 16.8 Å². The molecule has 1 aromatic carbocycles. The fourth-order valence-corrected chi connectivity index (χ4v) is 1.83. The highest BCUT2D eigenvalue weighted by atomic mass is 35.5. The molecule has 0 aliphatic carbocycles.